The van der Waals surface area contributed by atoms with Crippen molar-refractivity contribution in [1.29, 1.82) is 0 Å². The Hall–Kier alpha value is -0.120. The molecule has 0 aromatic rings. The fourth-order valence-corrected chi connectivity index (χ4v) is 3.11. The van der Waals surface area contributed by atoms with Gasteiger partial charge in [0.05, 0.1) is 6.61 Å². The lowest BCUT2D eigenvalue weighted by Gasteiger charge is -2.29. The zero-order valence-corrected chi connectivity index (χ0v) is 14.1. The molecule has 3 nitrogen and oxygen atoms in total. The summed E-state index contributed by atoms with van der Waals surface area (Å²) in [5, 5.41) is 13.0. The lowest BCUT2D eigenvalue weighted by molar-refractivity contribution is 0.161. The van der Waals surface area contributed by atoms with E-state index in [1.807, 2.05) is 0 Å². The summed E-state index contributed by atoms with van der Waals surface area (Å²) in [6.07, 6.45) is 6.04. The first-order valence-electron chi connectivity index (χ1n) is 8.59. The van der Waals surface area contributed by atoms with Crippen molar-refractivity contribution >= 4 is 0 Å². The summed E-state index contributed by atoms with van der Waals surface area (Å²) in [7, 11) is 0. The lowest BCUT2D eigenvalue weighted by Crippen LogP contribution is -2.46. The van der Waals surface area contributed by atoms with Crippen LogP contribution in [0, 0.1) is 11.8 Å². The molecule has 0 radical (unpaired) electrons. The van der Waals surface area contributed by atoms with E-state index in [0.717, 1.165) is 31.2 Å². The first-order valence-corrected chi connectivity index (χ1v) is 8.59. The molecular weight excluding hydrogens is 248 g/mol. The summed E-state index contributed by atoms with van der Waals surface area (Å²) < 4.78 is 0. The largest absolute Gasteiger partial charge is 0.394 e. The molecule has 2 N–H and O–H groups in total. The molecule has 2 atom stereocenters. The van der Waals surface area contributed by atoms with Gasteiger partial charge in [0.15, 0.2) is 0 Å². The lowest BCUT2D eigenvalue weighted by atomic mass is 9.95. The molecule has 2 unspecified atom stereocenters. The number of aliphatic hydroxyl groups excluding tert-OH is 1. The summed E-state index contributed by atoms with van der Waals surface area (Å²) in [6, 6.07) is 0. The number of aliphatic hydroxyl groups is 1. The highest BCUT2D eigenvalue weighted by molar-refractivity contribution is 4.82. The first kappa shape index (κ1) is 17.9. The van der Waals surface area contributed by atoms with Crippen molar-refractivity contribution in [2.45, 2.75) is 65.3 Å². The smallest absolute Gasteiger partial charge is 0.0610 e. The Bertz CT molecular complexity index is 257. The SMILES string of the molecule is CCCNC(C)(CO)CCCCN1CCC(C(C)C)C1. The Morgan fingerprint density at radius 1 is 1.35 bits per heavy atom. The minimum Gasteiger partial charge on any atom is -0.394 e. The van der Waals surface area contributed by atoms with Crippen LogP contribution in [0.25, 0.3) is 0 Å². The maximum atomic E-state index is 9.55. The van der Waals surface area contributed by atoms with Gasteiger partial charge < -0.3 is 15.3 Å². The molecule has 1 fully saturated rings. The van der Waals surface area contributed by atoms with Gasteiger partial charge in [-0.05, 0) is 64.1 Å². The van der Waals surface area contributed by atoms with Gasteiger partial charge in [-0.25, -0.2) is 0 Å². The van der Waals surface area contributed by atoms with E-state index in [1.165, 1.54) is 38.9 Å². The zero-order chi connectivity index (χ0) is 15.0. The number of likely N-dealkylation sites (tertiary alicyclic amines) is 1. The van der Waals surface area contributed by atoms with Crippen molar-refractivity contribution in [2.75, 3.05) is 32.8 Å². The topological polar surface area (TPSA) is 35.5 Å². The van der Waals surface area contributed by atoms with Crippen molar-refractivity contribution in [3.8, 4) is 0 Å². The van der Waals surface area contributed by atoms with Gasteiger partial charge in [0, 0.05) is 12.1 Å². The summed E-state index contributed by atoms with van der Waals surface area (Å²) in [4.78, 5) is 2.63. The molecule has 0 aromatic carbocycles. The second kappa shape index (κ2) is 9.01. The van der Waals surface area contributed by atoms with Crippen LogP contribution in [0.15, 0.2) is 0 Å². The fraction of sp³-hybridized carbons (Fsp3) is 1.00. The average molecular weight is 284 g/mol. The van der Waals surface area contributed by atoms with Crippen molar-refractivity contribution < 1.29 is 5.11 Å². The van der Waals surface area contributed by atoms with Gasteiger partial charge >= 0.3 is 0 Å². The Labute approximate surface area is 126 Å². The number of nitrogens with one attached hydrogen (secondary N) is 1. The molecule has 0 bridgehead atoms. The molecule has 120 valence electrons. The third-order valence-corrected chi connectivity index (χ3v) is 4.86. The molecule has 3 heteroatoms. The average Bonchev–Trinajstić information content (AvgIpc) is 2.90. The Morgan fingerprint density at radius 2 is 2.10 bits per heavy atom. The normalized spacial score (nSPS) is 23.4. The van der Waals surface area contributed by atoms with Crippen LogP contribution < -0.4 is 5.32 Å². The highest BCUT2D eigenvalue weighted by atomic mass is 16.3. The molecule has 1 saturated heterocycles. The third-order valence-electron chi connectivity index (χ3n) is 4.86. The molecule has 1 aliphatic heterocycles. The van der Waals surface area contributed by atoms with Crippen molar-refractivity contribution in [1.82, 2.24) is 10.2 Å². The van der Waals surface area contributed by atoms with Gasteiger partial charge in [-0.15, -0.1) is 0 Å². The molecular formula is C17H36N2O. The van der Waals surface area contributed by atoms with E-state index in [9.17, 15) is 5.11 Å². The van der Waals surface area contributed by atoms with E-state index >= 15 is 0 Å². The maximum absolute atomic E-state index is 9.55. The number of nitrogens with zero attached hydrogens (tertiary/aromatic N) is 1. The van der Waals surface area contributed by atoms with E-state index in [1.54, 1.807) is 0 Å². The molecule has 20 heavy (non-hydrogen) atoms. The Morgan fingerprint density at radius 3 is 2.65 bits per heavy atom. The molecule has 1 heterocycles. The summed E-state index contributed by atoms with van der Waals surface area (Å²) >= 11 is 0. The monoisotopic (exact) mass is 284 g/mol. The van der Waals surface area contributed by atoms with Crippen LogP contribution in [-0.2, 0) is 0 Å². The maximum Gasteiger partial charge on any atom is 0.0610 e. The molecule has 0 saturated carbocycles. The second-order valence-corrected chi connectivity index (χ2v) is 7.20. The Balaban J connectivity index is 2.15. The van der Waals surface area contributed by atoms with Gasteiger partial charge in [0.2, 0.25) is 0 Å². The quantitative estimate of drug-likeness (QED) is 0.606. The number of rotatable bonds is 10. The zero-order valence-electron chi connectivity index (χ0n) is 14.1. The van der Waals surface area contributed by atoms with Crippen LogP contribution in [-0.4, -0.2) is 48.3 Å². The molecule has 0 spiro atoms. The van der Waals surface area contributed by atoms with E-state index in [-0.39, 0.29) is 12.1 Å². The molecule has 0 amide bonds. The van der Waals surface area contributed by atoms with Crippen molar-refractivity contribution in [3.63, 3.8) is 0 Å². The van der Waals surface area contributed by atoms with E-state index in [2.05, 4.69) is 37.9 Å². The highest BCUT2D eigenvalue weighted by Crippen LogP contribution is 2.24. The minimum absolute atomic E-state index is 0.0819. The molecule has 1 rings (SSSR count). The van der Waals surface area contributed by atoms with E-state index < -0.39 is 0 Å². The molecule has 0 aromatic heterocycles. The van der Waals surface area contributed by atoms with Crippen molar-refractivity contribution in [2.24, 2.45) is 11.8 Å². The number of hydrogen-bond donors (Lipinski definition) is 2. The predicted octanol–water partition coefficient (Wildman–Crippen LogP) is 2.89. The molecule has 0 aliphatic carbocycles. The van der Waals surface area contributed by atoms with Crippen LogP contribution in [0.3, 0.4) is 0 Å². The van der Waals surface area contributed by atoms with Crippen LogP contribution in [0.4, 0.5) is 0 Å². The van der Waals surface area contributed by atoms with Gasteiger partial charge in [-0.3, -0.25) is 0 Å². The minimum atomic E-state index is -0.0819. The highest BCUT2D eigenvalue weighted by Gasteiger charge is 2.25. The van der Waals surface area contributed by atoms with E-state index in [4.69, 9.17) is 0 Å². The van der Waals surface area contributed by atoms with Gasteiger partial charge in [-0.1, -0.05) is 27.2 Å². The van der Waals surface area contributed by atoms with Gasteiger partial charge in [0.25, 0.3) is 0 Å². The van der Waals surface area contributed by atoms with Crippen LogP contribution >= 0.6 is 0 Å². The predicted molar refractivity (Wildman–Crippen MR) is 87.0 cm³/mol. The van der Waals surface area contributed by atoms with Crippen molar-refractivity contribution in [3.05, 3.63) is 0 Å². The van der Waals surface area contributed by atoms with Gasteiger partial charge in [-0.2, -0.15) is 0 Å². The summed E-state index contributed by atoms with van der Waals surface area (Å²) in [6.45, 7) is 14.1. The molecule has 1 aliphatic rings. The summed E-state index contributed by atoms with van der Waals surface area (Å²) in [5.41, 5.74) is -0.0819. The van der Waals surface area contributed by atoms with Crippen LogP contribution in [0.2, 0.25) is 0 Å². The van der Waals surface area contributed by atoms with Crippen LogP contribution in [0.5, 0.6) is 0 Å². The standard InChI is InChI=1S/C17H36N2O/c1-5-10-18-17(4,14-20)9-6-7-11-19-12-8-16(13-19)15(2)3/h15-16,18,20H,5-14H2,1-4H3. The van der Waals surface area contributed by atoms with E-state index in [0.29, 0.717) is 0 Å². The Kier molecular flexibility index (Phi) is 8.08. The van der Waals surface area contributed by atoms with Crippen LogP contribution in [0.1, 0.15) is 59.8 Å². The fourth-order valence-electron chi connectivity index (χ4n) is 3.11. The third kappa shape index (κ3) is 6.11. The van der Waals surface area contributed by atoms with Gasteiger partial charge in [0.1, 0.15) is 0 Å². The number of hydrogen-bond acceptors (Lipinski definition) is 3. The first-order chi connectivity index (χ1) is 9.50. The number of unbranched alkanes of at least 4 members (excludes halogenated alkanes) is 1. The second-order valence-electron chi connectivity index (χ2n) is 7.20. The summed E-state index contributed by atoms with van der Waals surface area (Å²) in [5.74, 6) is 1.74.